The number of benzene rings is 3. The molecule has 0 saturated heterocycles. The van der Waals surface area contributed by atoms with Crippen molar-refractivity contribution >= 4 is 23.1 Å². The summed E-state index contributed by atoms with van der Waals surface area (Å²) in [4.78, 5) is 3.92. The van der Waals surface area contributed by atoms with Gasteiger partial charge >= 0.3 is 0 Å². The molecule has 3 rings (SSSR count). The molecule has 1 nitrogen and oxygen atoms in total. The largest absolute Gasteiger partial charge is 0.206 e. The molecule has 3 aromatic rings. The lowest BCUT2D eigenvalue weighted by Gasteiger charge is -2.08. The normalized spacial score (nSPS) is 10.4. The highest BCUT2D eigenvalue weighted by molar-refractivity contribution is 7.78. The molecule has 0 fully saturated rings. The number of nitrogens with zero attached hydrogens (tertiary/aromatic N) is 1. The molecule has 0 N–H and O–H groups in total. The lowest BCUT2D eigenvalue weighted by molar-refractivity contribution is 0.632. The molecule has 0 radical (unpaired) electrons. The minimum absolute atomic E-state index is 0.231. The van der Waals surface area contributed by atoms with Crippen LogP contribution in [0.3, 0.4) is 0 Å². The van der Waals surface area contributed by atoms with Gasteiger partial charge in [-0.25, -0.2) is 4.39 Å². The smallest absolute Gasteiger partial charge is 0.131 e. The van der Waals surface area contributed by atoms with Crippen LogP contribution in [-0.4, -0.2) is 5.16 Å². The zero-order chi connectivity index (χ0) is 19.1. The summed E-state index contributed by atoms with van der Waals surface area (Å²) in [5.74, 6) is -0.231. The Balaban J connectivity index is 1.79. The van der Waals surface area contributed by atoms with Crippen molar-refractivity contribution in [3.05, 3.63) is 78.1 Å². The first-order chi connectivity index (χ1) is 13.2. The fraction of sp³-hybridized carbons (Fsp3) is 0.208. The monoisotopic (exact) mass is 375 g/mol. The van der Waals surface area contributed by atoms with Crippen LogP contribution in [0.2, 0.25) is 0 Å². The Hall–Kier alpha value is -2.61. The Morgan fingerprint density at radius 1 is 0.852 bits per heavy atom. The van der Waals surface area contributed by atoms with Crippen molar-refractivity contribution in [3.63, 3.8) is 0 Å². The third-order valence-corrected chi connectivity index (χ3v) is 4.77. The average molecular weight is 376 g/mol. The van der Waals surface area contributed by atoms with Gasteiger partial charge in [-0.3, -0.25) is 0 Å². The zero-order valence-electron chi connectivity index (χ0n) is 15.4. The number of aryl methyl sites for hydroxylation is 1. The van der Waals surface area contributed by atoms with E-state index < -0.39 is 0 Å². The summed E-state index contributed by atoms with van der Waals surface area (Å²) in [6, 6.07) is 21.1. The van der Waals surface area contributed by atoms with Crippen LogP contribution in [-0.2, 0) is 6.42 Å². The molecule has 0 atom stereocenters. The topological polar surface area (TPSA) is 12.4 Å². The van der Waals surface area contributed by atoms with Gasteiger partial charge in [-0.05, 0) is 65.5 Å². The van der Waals surface area contributed by atoms with Crippen LogP contribution in [0.1, 0.15) is 31.7 Å². The summed E-state index contributed by atoms with van der Waals surface area (Å²) in [6.45, 7) is 2.21. The van der Waals surface area contributed by atoms with Crippen molar-refractivity contribution in [2.24, 2.45) is 4.99 Å². The van der Waals surface area contributed by atoms with Gasteiger partial charge in [-0.2, -0.15) is 4.99 Å². The van der Waals surface area contributed by atoms with Crippen molar-refractivity contribution in [2.45, 2.75) is 32.6 Å². The number of isothiocyanates is 1. The van der Waals surface area contributed by atoms with Gasteiger partial charge in [-0.15, -0.1) is 0 Å². The minimum Gasteiger partial charge on any atom is -0.206 e. The summed E-state index contributed by atoms with van der Waals surface area (Å²) >= 11 is 4.60. The highest BCUT2D eigenvalue weighted by Crippen LogP contribution is 2.29. The molecule has 0 aliphatic rings. The third kappa shape index (κ3) is 4.97. The lowest BCUT2D eigenvalue weighted by atomic mass is 9.98. The summed E-state index contributed by atoms with van der Waals surface area (Å²) < 4.78 is 14.7. The first-order valence-corrected chi connectivity index (χ1v) is 9.69. The quantitative estimate of drug-likeness (QED) is 0.235. The fourth-order valence-electron chi connectivity index (χ4n) is 3.14. The van der Waals surface area contributed by atoms with Crippen molar-refractivity contribution in [1.82, 2.24) is 0 Å². The number of thiocarbonyl (C=S) groups is 1. The predicted octanol–water partition coefficient (Wildman–Crippen LogP) is 7.63. The van der Waals surface area contributed by atoms with Crippen molar-refractivity contribution in [3.8, 4) is 22.3 Å². The zero-order valence-corrected chi connectivity index (χ0v) is 16.2. The van der Waals surface area contributed by atoms with Crippen LogP contribution in [0.5, 0.6) is 0 Å². The molecule has 136 valence electrons. The number of aliphatic imine (C=N–C) groups is 1. The Bertz CT molecular complexity index is 939. The number of hydrogen-bond acceptors (Lipinski definition) is 2. The third-order valence-electron chi connectivity index (χ3n) is 4.68. The van der Waals surface area contributed by atoms with E-state index in [1.165, 1.54) is 24.8 Å². The van der Waals surface area contributed by atoms with E-state index in [2.05, 4.69) is 53.6 Å². The van der Waals surface area contributed by atoms with Gasteiger partial charge in [0.2, 0.25) is 0 Å². The highest BCUT2D eigenvalue weighted by atomic mass is 32.1. The van der Waals surface area contributed by atoms with Crippen molar-refractivity contribution in [1.29, 1.82) is 0 Å². The van der Waals surface area contributed by atoms with Crippen LogP contribution in [0, 0.1) is 5.82 Å². The maximum Gasteiger partial charge on any atom is 0.131 e. The van der Waals surface area contributed by atoms with Crippen molar-refractivity contribution < 1.29 is 4.39 Å². The standard InChI is InChI=1S/C24H22FNS/c1-2-3-4-5-18-6-8-19(9-7-18)21-12-15-23(24(25)16-21)20-10-13-22(14-11-20)26-17-27/h6-16H,2-5H2,1H3. The fourth-order valence-corrected chi connectivity index (χ4v) is 3.25. The Labute approximate surface area is 165 Å². The maximum atomic E-state index is 14.7. The van der Waals surface area contributed by atoms with E-state index in [4.69, 9.17) is 0 Å². The van der Waals surface area contributed by atoms with E-state index in [1.807, 2.05) is 24.3 Å². The highest BCUT2D eigenvalue weighted by Gasteiger charge is 2.08. The van der Waals surface area contributed by atoms with Gasteiger partial charge in [0.05, 0.1) is 10.8 Å². The SMILES string of the molecule is CCCCCc1ccc(-c2ccc(-c3ccc(N=C=S)cc3)c(F)c2)cc1. The Morgan fingerprint density at radius 3 is 2.15 bits per heavy atom. The second-order valence-corrected chi connectivity index (χ2v) is 6.78. The van der Waals surface area contributed by atoms with Crippen LogP contribution in [0.4, 0.5) is 10.1 Å². The molecular weight excluding hydrogens is 353 g/mol. The average Bonchev–Trinajstić information content (AvgIpc) is 2.70. The van der Waals surface area contributed by atoms with E-state index in [0.717, 1.165) is 23.1 Å². The van der Waals surface area contributed by atoms with Crippen LogP contribution in [0.15, 0.2) is 71.7 Å². The molecule has 0 spiro atoms. The summed E-state index contributed by atoms with van der Waals surface area (Å²) in [5, 5.41) is 2.33. The van der Waals surface area contributed by atoms with Crippen LogP contribution < -0.4 is 0 Å². The molecule has 0 aliphatic heterocycles. The van der Waals surface area contributed by atoms with Crippen molar-refractivity contribution in [2.75, 3.05) is 0 Å². The Morgan fingerprint density at radius 2 is 1.52 bits per heavy atom. The van der Waals surface area contributed by atoms with Crippen LogP contribution in [0.25, 0.3) is 22.3 Å². The molecule has 0 unspecified atom stereocenters. The number of hydrogen-bond donors (Lipinski definition) is 0. The first kappa shape index (κ1) is 19.2. The molecule has 0 heterocycles. The molecule has 0 aliphatic carbocycles. The van der Waals surface area contributed by atoms with Gasteiger partial charge in [0.1, 0.15) is 5.82 Å². The number of rotatable bonds is 7. The van der Waals surface area contributed by atoms with Gasteiger partial charge in [0.15, 0.2) is 0 Å². The molecular formula is C24H22FNS. The molecule has 0 amide bonds. The second kappa shape index (κ2) is 9.36. The van der Waals surface area contributed by atoms with E-state index in [1.54, 1.807) is 18.2 Å². The molecule has 27 heavy (non-hydrogen) atoms. The molecule has 0 saturated carbocycles. The first-order valence-electron chi connectivity index (χ1n) is 9.28. The van der Waals surface area contributed by atoms with E-state index in [0.29, 0.717) is 11.3 Å². The van der Waals surface area contributed by atoms with Gasteiger partial charge in [-0.1, -0.05) is 68.3 Å². The molecule has 3 heteroatoms. The number of halogens is 1. The summed E-state index contributed by atoms with van der Waals surface area (Å²) in [7, 11) is 0. The van der Waals surface area contributed by atoms with E-state index in [9.17, 15) is 4.39 Å². The predicted molar refractivity (Wildman–Crippen MR) is 115 cm³/mol. The molecule has 0 bridgehead atoms. The molecule has 0 aromatic heterocycles. The lowest BCUT2D eigenvalue weighted by Crippen LogP contribution is -1.88. The summed E-state index contributed by atoms with van der Waals surface area (Å²) in [5.41, 5.74) is 5.36. The molecule has 3 aromatic carbocycles. The van der Waals surface area contributed by atoms with Gasteiger partial charge in [0.25, 0.3) is 0 Å². The van der Waals surface area contributed by atoms with E-state index in [-0.39, 0.29) is 5.82 Å². The number of unbranched alkanes of at least 4 members (excludes halogenated alkanes) is 2. The van der Waals surface area contributed by atoms with Gasteiger partial charge < -0.3 is 0 Å². The Kier molecular flexibility index (Phi) is 6.64. The van der Waals surface area contributed by atoms with Gasteiger partial charge in [0, 0.05) is 5.56 Å². The van der Waals surface area contributed by atoms with E-state index >= 15 is 0 Å². The maximum absolute atomic E-state index is 14.7. The van der Waals surface area contributed by atoms with Crippen LogP contribution >= 0.6 is 12.2 Å². The minimum atomic E-state index is -0.231. The second-order valence-electron chi connectivity index (χ2n) is 6.60. The summed E-state index contributed by atoms with van der Waals surface area (Å²) in [6.07, 6.45) is 4.80.